The van der Waals surface area contributed by atoms with Gasteiger partial charge in [-0.1, -0.05) is 31.2 Å². The number of aromatic nitrogens is 1. The van der Waals surface area contributed by atoms with Crippen LogP contribution < -0.4 is 15.4 Å². The van der Waals surface area contributed by atoms with E-state index in [-0.39, 0.29) is 48.0 Å². The number of nitrogens with zero attached hydrogens (tertiary/aromatic N) is 2. The van der Waals surface area contributed by atoms with Crippen LogP contribution in [-0.2, 0) is 9.59 Å². The molecule has 1 saturated carbocycles. The molecule has 0 bridgehead atoms. The van der Waals surface area contributed by atoms with Gasteiger partial charge in [-0.15, -0.1) is 0 Å². The van der Waals surface area contributed by atoms with Crippen molar-refractivity contribution < 1.29 is 14.3 Å². The third-order valence-electron chi connectivity index (χ3n) is 7.67. The lowest BCUT2D eigenvalue weighted by molar-refractivity contribution is -0.133. The molecule has 1 unspecified atom stereocenters. The molecule has 5 atom stereocenters. The van der Waals surface area contributed by atoms with Gasteiger partial charge in [-0.25, -0.2) is 0 Å². The number of benzene rings is 1. The molecular weight excluding hydrogens is 454 g/mol. The van der Waals surface area contributed by atoms with Crippen LogP contribution >= 0.6 is 0 Å². The van der Waals surface area contributed by atoms with E-state index in [9.17, 15) is 9.59 Å². The van der Waals surface area contributed by atoms with Crippen LogP contribution in [0.4, 0.5) is 0 Å². The Morgan fingerprint density at radius 1 is 1.22 bits per heavy atom. The van der Waals surface area contributed by atoms with Crippen molar-refractivity contribution in [2.24, 2.45) is 17.8 Å². The van der Waals surface area contributed by atoms with Gasteiger partial charge in [-0.05, 0) is 57.2 Å². The number of para-hydroxylation sites is 1. The van der Waals surface area contributed by atoms with Gasteiger partial charge in [0.05, 0.1) is 12.1 Å². The zero-order valence-electron chi connectivity index (χ0n) is 21.5. The van der Waals surface area contributed by atoms with E-state index < -0.39 is 17.2 Å². The maximum Gasteiger partial charge on any atom is 0.232 e. The minimum Gasteiger partial charge on any atom is -0.487 e. The minimum absolute atomic E-state index is 0.0248. The third-order valence-corrected chi connectivity index (χ3v) is 7.67. The molecule has 3 aliphatic rings. The number of guanidine groups is 1. The molecule has 0 radical (unpaired) electrons. The number of nitrogens with one attached hydrogen (secondary N) is 3. The van der Waals surface area contributed by atoms with Crippen molar-refractivity contribution in [2.75, 3.05) is 0 Å². The summed E-state index contributed by atoms with van der Waals surface area (Å²) in [5.74, 6) is 0.388. The number of carbonyl (C=O) groups is 2. The summed E-state index contributed by atoms with van der Waals surface area (Å²) in [6, 6.07) is 11.0. The summed E-state index contributed by atoms with van der Waals surface area (Å²) in [4.78, 5) is 32.8. The van der Waals surface area contributed by atoms with Crippen LogP contribution in [0.2, 0.25) is 0 Å². The Balaban J connectivity index is 1.41. The van der Waals surface area contributed by atoms with Crippen LogP contribution in [0.25, 0.3) is 0 Å². The Hall–Kier alpha value is -3.42. The summed E-state index contributed by atoms with van der Waals surface area (Å²) >= 11 is 0. The molecule has 5 rings (SSSR count). The highest BCUT2D eigenvalue weighted by molar-refractivity contribution is 5.99. The van der Waals surface area contributed by atoms with Gasteiger partial charge in [-0.2, -0.15) is 0 Å². The summed E-state index contributed by atoms with van der Waals surface area (Å²) in [5.41, 5.74) is 0.937. The first-order valence-electron chi connectivity index (χ1n) is 12.6. The fourth-order valence-corrected chi connectivity index (χ4v) is 5.99. The maximum absolute atomic E-state index is 13.7. The Morgan fingerprint density at radius 3 is 2.67 bits per heavy atom. The van der Waals surface area contributed by atoms with Gasteiger partial charge in [0.1, 0.15) is 11.4 Å². The summed E-state index contributed by atoms with van der Waals surface area (Å²) < 4.78 is 6.13. The van der Waals surface area contributed by atoms with E-state index in [4.69, 9.17) is 10.1 Å². The molecule has 3 N–H and O–H groups in total. The molecule has 2 aromatic rings. The SMILES string of the molecule is CC1[C@@H]([C@H](c2cccnc2)N2C(=N)NC(C)(C)CC2=O)[C@@H]1C(=O)N[C@H]1CC(C)(C)Oc2ccccc21. The Kier molecular flexibility index (Phi) is 5.80. The lowest BCUT2D eigenvalue weighted by Gasteiger charge is -2.42. The molecule has 3 heterocycles. The maximum atomic E-state index is 13.7. The van der Waals surface area contributed by atoms with Crippen LogP contribution in [0, 0.1) is 23.2 Å². The van der Waals surface area contributed by atoms with E-state index in [2.05, 4.69) is 22.5 Å². The van der Waals surface area contributed by atoms with Gasteiger partial charge in [-0.3, -0.25) is 24.9 Å². The monoisotopic (exact) mass is 489 g/mol. The Labute approximate surface area is 212 Å². The molecule has 1 aliphatic carbocycles. The normalized spacial score (nSPS) is 28.9. The topological polar surface area (TPSA) is 107 Å². The lowest BCUT2D eigenvalue weighted by atomic mass is 9.89. The van der Waals surface area contributed by atoms with E-state index >= 15 is 0 Å². The molecule has 1 saturated heterocycles. The molecule has 8 heteroatoms. The molecule has 36 heavy (non-hydrogen) atoms. The molecule has 8 nitrogen and oxygen atoms in total. The summed E-state index contributed by atoms with van der Waals surface area (Å²) in [7, 11) is 0. The quantitative estimate of drug-likeness (QED) is 0.589. The van der Waals surface area contributed by atoms with E-state index in [1.165, 1.54) is 4.90 Å². The predicted molar refractivity (Wildman–Crippen MR) is 136 cm³/mol. The average Bonchev–Trinajstić information content (AvgIpc) is 3.45. The van der Waals surface area contributed by atoms with Crippen LogP contribution in [0.1, 0.15) is 70.7 Å². The smallest absolute Gasteiger partial charge is 0.232 e. The van der Waals surface area contributed by atoms with Crippen LogP contribution in [-0.4, -0.2) is 38.8 Å². The van der Waals surface area contributed by atoms with E-state index in [1.54, 1.807) is 12.4 Å². The molecule has 2 fully saturated rings. The van der Waals surface area contributed by atoms with Crippen molar-refractivity contribution in [3.05, 3.63) is 59.9 Å². The Morgan fingerprint density at radius 2 is 1.97 bits per heavy atom. The van der Waals surface area contributed by atoms with Crippen molar-refractivity contribution >= 4 is 17.8 Å². The number of carbonyl (C=O) groups excluding carboxylic acids is 2. The first kappa shape index (κ1) is 24.3. The highest BCUT2D eigenvalue weighted by atomic mass is 16.5. The molecule has 1 aromatic carbocycles. The summed E-state index contributed by atoms with van der Waals surface area (Å²) in [5, 5.41) is 15.1. The number of amides is 2. The number of ether oxygens (including phenoxy) is 1. The fraction of sp³-hybridized carbons (Fsp3) is 0.500. The van der Waals surface area contributed by atoms with Gasteiger partial charge in [0.25, 0.3) is 0 Å². The average molecular weight is 490 g/mol. The predicted octanol–water partition coefficient (Wildman–Crippen LogP) is 3.96. The van der Waals surface area contributed by atoms with Gasteiger partial charge in [0, 0.05) is 42.3 Å². The first-order valence-corrected chi connectivity index (χ1v) is 12.6. The standard InChI is InChI=1S/C28H35N5O3/c1-16-22(23(16)25(35)31-19-13-28(4,5)36-20-11-7-6-10-18(19)20)24(17-9-8-12-30-15-17)33-21(34)14-27(2,3)32-26(33)29/h6-12,15-16,19,22-24H,13-14H2,1-5H3,(H2,29,32)(H,31,35)/t16?,19-,22+,23+,24-/m0/s1. The zero-order chi connectivity index (χ0) is 25.8. The number of hydrogen-bond donors (Lipinski definition) is 3. The second kappa shape index (κ2) is 8.61. The van der Waals surface area contributed by atoms with Crippen molar-refractivity contribution in [1.29, 1.82) is 5.41 Å². The number of hydrogen-bond acceptors (Lipinski definition) is 5. The highest BCUT2D eigenvalue weighted by Crippen LogP contribution is 2.56. The van der Waals surface area contributed by atoms with Gasteiger partial charge < -0.3 is 15.4 Å². The second-order valence-corrected chi connectivity index (χ2v) is 11.7. The molecule has 190 valence electrons. The van der Waals surface area contributed by atoms with E-state index in [0.717, 1.165) is 16.9 Å². The first-order chi connectivity index (χ1) is 17.0. The van der Waals surface area contributed by atoms with Gasteiger partial charge in [0.2, 0.25) is 11.8 Å². The third kappa shape index (κ3) is 4.45. The number of pyridine rings is 1. The van der Waals surface area contributed by atoms with E-state index in [0.29, 0.717) is 6.42 Å². The molecule has 1 aromatic heterocycles. The van der Waals surface area contributed by atoms with Crippen molar-refractivity contribution in [3.8, 4) is 5.75 Å². The molecule has 2 amide bonds. The lowest BCUT2D eigenvalue weighted by Crippen LogP contribution is -2.60. The largest absolute Gasteiger partial charge is 0.487 e. The van der Waals surface area contributed by atoms with Crippen molar-refractivity contribution in [2.45, 2.75) is 70.7 Å². The minimum atomic E-state index is -0.487. The van der Waals surface area contributed by atoms with Gasteiger partial charge >= 0.3 is 0 Å². The second-order valence-electron chi connectivity index (χ2n) is 11.7. The van der Waals surface area contributed by atoms with Gasteiger partial charge in [0.15, 0.2) is 5.96 Å². The molecular formula is C28H35N5O3. The summed E-state index contributed by atoms with van der Waals surface area (Å²) in [6.07, 6.45) is 4.37. The Bertz CT molecular complexity index is 1170. The van der Waals surface area contributed by atoms with Crippen LogP contribution in [0.3, 0.4) is 0 Å². The summed E-state index contributed by atoms with van der Waals surface area (Å²) in [6.45, 7) is 9.95. The van der Waals surface area contributed by atoms with E-state index in [1.807, 2.05) is 64.1 Å². The fourth-order valence-electron chi connectivity index (χ4n) is 5.99. The molecule has 2 aliphatic heterocycles. The van der Waals surface area contributed by atoms with Crippen molar-refractivity contribution in [1.82, 2.24) is 20.5 Å². The number of fused-ring (bicyclic) bond motifs is 1. The highest BCUT2D eigenvalue weighted by Gasteiger charge is 2.59. The van der Waals surface area contributed by atoms with Crippen LogP contribution in [0.15, 0.2) is 48.8 Å². The number of rotatable bonds is 5. The van der Waals surface area contributed by atoms with Crippen LogP contribution in [0.5, 0.6) is 5.75 Å². The zero-order valence-corrected chi connectivity index (χ0v) is 21.5. The molecule has 0 spiro atoms. The van der Waals surface area contributed by atoms with Crippen molar-refractivity contribution in [3.63, 3.8) is 0 Å².